The number of carbonyl (C=O) groups excluding carboxylic acids is 1. The maximum absolute atomic E-state index is 11.9. The smallest absolute Gasteiger partial charge is 0.287 e. The summed E-state index contributed by atoms with van der Waals surface area (Å²) in [6.45, 7) is 0.941. The van der Waals surface area contributed by atoms with Crippen molar-refractivity contribution in [1.29, 1.82) is 0 Å². The van der Waals surface area contributed by atoms with Crippen LogP contribution in [0.25, 0.3) is 0 Å². The minimum absolute atomic E-state index is 0.115. The second-order valence-electron chi connectivity index (χ2n) is 4.11. The molecule has 0 spiro atoms. The highest BCUT2D eigenvalue weighted by atomic mass is 35.5. The Bertz CT molecular complexity index is 398. The fourth-order valence-corrected chi connectivity index (χ4v) is 1.97. The Kier molecular flexibility index (Phi) is 3.71. The molecule has 0 atom stereocenters. The van der Waals surface area contributed by atoms with Gasteiger partial charge in [0.2, 0.25) is 0 Å². The van der Waals surface area contributed by atoms with E-state index in [2.05, 4.69) is 5.32 Å². The lowest BCUT2D eigenvalue weighted by Crippen LogP contribution is -2.54. The summed E-state index contributed by atoms with van der Waals surface area (Å²) in [5, 5.41) is 12.4. The summed E-state index contributed by atoms with van der Waals surface area (Å²) in [5.74, 6) is -0.220. The molecule has 0 bridgehead atoms. The van der Waals surface area contributed by atoms with Gasteiger partial charge in [0.1, 0.15) is 0 Å². The van der Waals surface area contributed by atoms with E-state index >= 15 is 0 Å². The molecule has 17 heavy (non-hydrogen) atoms. The van der Waals surface area contributed by atoms with Crippen LogP contribution in [0.1, 0.15) is 23.4 Å². The largest absolute Gasteiger partial charge is 0.440 e. The zero-order chi connectivity index (χ0) is 12.3. The number of hydrogen-bond acceptors (Lipinski definition) is 4. The molecule has 0 aliphatic carbocycles. The van der Waals surface area contributed by atoms with Gasteiger partial charge in [-0.05, 0) is 36.6 Å². The Morgan fingerprint density at radius 2 is 2.18 bits per heavy atom. The number of halogens is 1. The molecule has 1 aromatic rings. The van der Waals surface area contributed by atoms with Crippen molar-refractivity contribution in [2.24, 2.45) is 0 Å². The summed E-state index contributed by atoms with van der Waals surface area (Å²) in [4.78, 5) is 11.9. The van der Waals surface area contributed by atoms with Crippen LogP contribution >= 0.6 is 11.6 Å². The number of hydrogen-bond donors (Lipinski definition) is 2. The first-order valence-electron chi connectivity index (χ1n) is 5.42. The first-order valence-corrected chi connectivity index (χ1v) is 5.79. The maximum Gasteiger partial charge on any atom is 0.287 e. The van der Waals surface area contributed by atoms with E-state index in [4.69, 9.17) is 20.8 Å². The molecule has 1 aliphatic rings. The van der Waals surface area contributed by atoms with E-state index in [-0.39, 0.29) is 23.5 Å². The number of furan rings is 1. The highest BCUT2D eigenvalue weighted by molar-refractivity contribution is 6.29. The van der Waals surface area contributed by atoms with Crippen molar-refractivity contribution < 1.29 is 19.1 Å². The first kappa shape index (κ1) is 12.4. The third-order valence-electron chi connectivity index (χ3n) is 2.93. The number of nitrogens with one attached hydrogen (secondary N) is 1. The molecule has 2 rings (SSSR count). The van der Waals surface area contributed by atoms with E-state index in [9.17, 15) is 9.90 Å². The van der Waals surface area contributed by atoms with E-state index in [0.29, 0.717) is 26.1 Å². The van der Waals surface area contributed by atoms with Crippen LogP contribution in [-0.2, 0) is 4.74 Å². The van der Waals surface area contributed by atoms with Gasteiger partial charge in [-0.1, -0.05) is 0 Å². The Balaban J connectivity index is 2.05. The van der Waals surface area contributed by atoms with Gasteiger partial charge in [0.15, 0.2) is 11.0 Å². The minimum atomic E-state index is -0.616. The van der Waals surface area contributed by atoms with Crippen LogP contribution < -0.4 is 5.32 Å². The van der Waals surface area contributed by atoms with Gasteiger partial charge in [0.25, 0.3) is 5.91 Å². The fourth-order valence-electron chi connectivity index (χ4n) is 1.82. The van der Waals surface area contributed by atoms with Crippen LogP contribution in [-0.4, -0.2) is 36.4 Å². The third-order valence-corrected chi connectivity index (χ3v) is 3.13. The van der Waals surface area contributed by atoms with Crippen molar-refractivity contribution >= 4 is 17.5 Å². The SMILES string of the molecule is O=C(NC1(CO)CCOCC1)c1ccc(Cl)o1. The van der Waals surface area contributed by atoms with Crippen LogP contribution in [0.3, 0.4) is 0 Å². The molecule has 1 fully saturated rings. The normalized spacial score (nSPS) is 18.9. The van der Waals surface area contributed by atoms with Crippen LogP contribution in [0.2, 0.25) is 5.22 Å². The average molecular weight is 260 g/mol. The van der Waals surface area contributed by atoms with Crippen molar-refractivity contribution in [3.05, 3.63) is 23.1 Å². The summed E-state index contributed by atoms with van der Waals surface area (Å²) in [7, 11) is 0. The molecule has 1 amide bonds. The molecule has 2 heterocycles. The quantitative estimate of drug-likeness (QED) is 0.856. The van der Waals surface area contributed by atoms with Crippen molar-refractivity contribution in [2.75, 3.05) is 19.8 Å². The lowest BCUT2D eigenvalue weighted by molar-refractivity contribution is 0.0120. The monoisotopic (exact) mass is 259 g/mol. The summed E-state index contributed by atoms with van der Waals surface area (Å²) in [6.07, 6.45) is 1.17. The molecule has 5 nitrogen and oxygen atoms in total. The summed E-state index contributed by atoms with van der Waals surface area (Å²) >= 11 is 5.60. The number of aliphatic hydroxyl groups is 1. The molecule has 1 aliphatic heterocycles. The molecule has 0 unspecified atom stereocenters. The van der Waals surface area contributed by atoms with Gasteiger partial charge in [-0.3, -0.25) is 4.79 Å². The first-order chi connectivity index (χ1) is 8.15. The minimum Gasteiger partial charge on any atom is -0.440 e. The lowest BCUT2D eigenvalue weighted by Gasteiger charge is -2.35. The molecule has 94 valence electrons. The lowest BCUT2D eigenvalue weighted by atomic mass is 9.91. The van der Waals surface area contributed by atoms with Crippen LogP contribution in [0, 0.1) is 0 Å². The average Bonchev–Trinajstić information content (AvgIpc) is 2.77. The van der Waals surface area contributed by atoms with Crippen molar-refractivity contribution in [3.8, 4) is 0 Å². The van der Waals surface area contributed by atoms with E-state index < -0.39 is 5.54 Å². The number of amides is 1. The topological polar surface area (TPSA) is 71.7 Å². The Hall–Kier alpha value is -1.04. The number of aliphatic hydroxyl groups excluding tert-OH is 1. The van der Waals surface area contributed by atoms with Gasteiger partial charge in [-0.15, -0.1) is 0 Å². The molecular formula is C11H14ClNO4. The molecule has 0 saturated carbocycles. The number of rotatable bonds is 3. The third kappa shape index (κ3) is 2.80. The molecule has 0 aromatic carbocycles. The van der Waals surface area contributed by atoms with Crippen molar-refractivity contribution in [2.45, 2.75) is 18.4 Å². The molecule has 1 saturated heterocycles. The van der Waals surface area contributed by atoms with Gasteiger partial charge in [0, 0.05) is 13.2 Å². The second kappa shape index (κ2) is 5.08. The van der Waals surface area contributed by atoms with E-state index in [1.807, 2.05) is 0 Å². The second-order valence-corrected chi connectivity index (χ2v) is 4.48. The van der Waals surface area contributed by atoms with Crippen molar-refractivity contribution in [3.63, 3.8) is 0 Å². The molecular weight excluding hydrogens is 246 g/mol. The highest BCUT2D eigenvalue weighted by Crippen LogP contribution is 2.21. The summed E-state index contributed by atoms with van der Waals surface area (Å²) in [6, 6.07) is 3.01. The van der Waals surface area contributed by atoms with Crippen LogP contribution in [0.5, 0.6) is 0 Å². The van der Waals surface area contributed by atoms with E-state index in [0.717, 1.165) is 0 Å². The molecule has 2 N–H and O–H groups in total. The molecule has 0 radical (unpaired) electrons. The highest BCUT2D eigenvalue weighted by Gasteiger charge is 2.34. The standard InChI is InChI=1S/C11H14ClNO4/c12-9-2-1-8(17-9)10(15)13-11(7-14)3-5-16-6-4-11/h1-2,14H,3-7H2,(H,13,15). The fraction of sp³-hybridized carbons (Fsp3) is 0.545. The maximum atomic E-state index is 11.9. The van der Waals surface area contributed by atoms with Gasteiger partial charge in [0.05, 0.1) is 12.1 Å². The zero-order valence-corrected chi connectivity index (χ0v) is 10.00. The molecule has 1 aromatic heterocycles. The Morgan fingerprint density at radius 3 is 2.71 bits per heavy atom. The zero-order valence-electron chi connectivity index (χ0n) is 9.24. The van der Waals surface area contributed by atoms with Crippen LogP contribution in [0.4, 0.5) is 0 Å². The van der Waals surface area contributed by atoms with Gasteiger partial charge < -0.3 is 19.6 Å². The number of ether oxygens (including phenoxy) is 1. The number of carbonyl (C=O) groups is 1. The van der Waals surface area contributed by atoms with Gasteiger partial charge in [-0.25, -0.2) is 0 Å². The van der Waals surface area contributed by atoms with Gasteiger partial charge in [-0.2, -0.15) is 0 Å². The van der Waals surface area contributed by atoms with Crippen molar-refractivity contribution in [1.82, 2.24) is 5.32 Å². The van der Waals surface area contributed by atoms with Gasteiger partial charge >= 0.3 is 0 Å². The summed E-state index contributed by atoms with van der Waals surface area (Å²) in [5.41, 5.74) is -0.616. The Labute approximate surface area is 104 Å². The van der Waals surface area contributed by atoms with E-state index in [1.54, 1.807) is 0 Å². The Morgan fingerprint density at radius 1 is 1.47 bits per heavy atom. The molecule has 6 heteroatoms. The van der Waals surface area contributed by atoms with E-state index in [1.165, 1.54) is 12.1 Å². The predicted molar refractivity (Wildman–Crippen MR) is 61.1 cm³/mol. The predicted octanol–water partition coefficient (Wildman–Crippen LogP) is 1.20. The summed E-state index contributed by atoms with van der Waals surface area (Å²) < 4.78 is 10.2. The van der Waals surface area contributed by atoms with Crippen LogP contribution in [0.15, 0.2) is 16.5 Å².